The number of nitro benzene ring substituents is 1. The fourth-order valence-electron chi connectivity index (χ4n) is 2.86. The number of carbonyl (C=O) groups excluding carboxylic acids is 2. The molecule has 0 saturated carbocycles. The van der Waals surface area contributed by atoms with E-state index in [1.54, 1.807) is 0 Å². The summed E-state index contributed by atoms with van der Waals surface area (Å²) in [5.41, 5.74) is 0.533. The second kappa shape index (κ2) is 7.59. The number of non-ortho nitro benzene ring substituents is 1. The molecule has 3 aromatic rings. The SMILES string of the molecule is O=C(Oc1ccc2c(c1)OC(=Cc1ccc([N+](=O)[O-])cc1)C2=O)c1ccccc1F. The van der Waals surface area contributed by atoms with Crippen LogP contribution in [0.5, 0.6) is 11.5 Å². The van der Waals surface area contributed by atoms with Gasteiger partial charge in [-0.2, -0.15) is 0 Å². The molecular weight excluding hydrogens is 393 g/mol. The zero-order valence-electron chi connectivity index (χ0n) is 15.2. The lowest BCUT2D eigenvalue weighted by molar-refractivity contribution is -0.384. The Morgan fingerprint density at radius 1 is 1.07 bits per heavy atom. The van der Waals surface area contributed by atoms with Gasteiger partial charge in [-0.1, -0.05) is 12.1 Å². The van der Waals surface area contributed by atoms with Crippen LogP contribution in [0.2, 0.25) is 0 Å². The highest BCUT2D eigenvalue weighted by molar-refractivity contribution is 6.14. The average Bonchev–Trinajstić information content (AvgIpc) is 3.03. The van der Waals surface area contributed by atoms with Crippen molar-refractivity contribution in [2.24, 2.45) is 0 Å². The second-order valence-corrected chi connectivity index (χ2v) is 6.32. The van der Waals surface area contributed by atoms with Crippen LogP contribution in [0.15, 0.2) is 72.5 Å². The van der Waals surface area contributed by atoms with Crippen LogP contribution >= 0.6 is 0 Å². The molecule has 0 unspecified atom stereocenters. The number of benzene rings is 3. The van der Waals surface area contributed by atoms with Crippen molar-refractivity contribution < 1.29 is 28.4 Å². The highest BCUT2D eigenvalue weighted by atomic mass is 19.1. The highest BCUT2D eigenvalue weighted by Gasteiger charge is 2.28. The number of fused-ring (bicyclic) bond motifs is 1. The van der Waals surface area contributed by atoms with Crippen molar-refractivity contribution in [2.75, 3.05) is 0 Å². The molecule has 30 heavy (non-hydrogen) atoms. The Balaban J connectivity index is 1.54. The minimum absolute atomic E-state index is 0.0245. The minimum atomic E-state index is -0.876. The fraction of sp³-hybridized carbons (Fsp3) is 0. The first kappa shape index (κ1) is 19.0. The quantitative estimate of drug-likeness (QED) is 0.207. The van der Waals surface area contributed by atoms with Gasteiger partial charge < -0.3 is 9.47 Å². The Labute approximate surface area is 169 Å². The summed E-state index contributed by atoms with van der Waals surface area (Å²) in [5.74, 6) is -1.66. The Hall–Kier alpha value is -4.33. The van der Waals surface area contributed by atoms with Crippen molar-refractivity contribution in [1.29, 1.82) is 0 Å². The molecule has 1 heterocycles. The number of esters is 1. The van der Waals surface area contributed by atoms with E-state index in [2.05, 4.69) is 0 Å². The molecule has 1 aliphatic heterocycles. The van der Waals surface area contributed by atoms with Gasteiger partial charge in [0, 0.05) is 18.2 Å². The summed E-state index contributed by atoms with van der Waals surface area (Å²) < 4.78 is 24.5. The lowest BCUT2D eigenvalue weighted by atomic mass is 10.1. The smallest absolute Gasteiger partial charge is 0.346 e. The summed E-state index contributed by atoms with van der Waals surface area (Å²) >= 11 is 0. The largest absolute Gasteiger partial charge is 0.452 e. The van der Waals surface area contributed by atoms with Crippen LogP contribution in [-0.4, -0.2) is 16.7 Å². The van der Waals surface area contributed by atoms with E-state index in [0.29, 0.717) is 5.56 Å². The first-order valence-corrected chi connectivity index (χ1v) is 8.72. The van der Waals surface area contributed by atoms with E-state index in [-0.39, 0.29) is 39.9 Å². The van der Waals surface area contributed by atoms with Crippen LogP contribution in [0, 0.1) is 15.9 Å². The van der Waals surface area contributed by atoms with Gasteiger partial charge in [0.1, 0.15) is 17.3 Å². The van der Waals surface area contributed by atoms with Crippen LogP contribution in [-0.2, 0) is 0 Å². The van der Waals surface area contributed by atoms with Crippen molar-refractivity contribution in [1.82, 2.24) is 0 Å². The molecule has 0 aromatic heterocycles. The van der Waals surface area contributed by atoms with Gasteiger partial charge in [-0.15, -0.1) is 0 Å². The van der Waals surface area contributed by atoms with E-state index in [4.69, 9.17) is 9.47 Å². The van der Waals surface area contributed by atoms with Gasteiger partial charge in [-0.05, 0) is 48.0 Å². The van der Waals surface area contributed by atoms with Crippen molar-refractivity contribution in [3.63, 3.8) is 0 Å². The summed E-state index contributed by atoms with van der Waals surface area (Å²) in [4.78, 5) is 34.9. The maximum Gasteiger partial charge on any atom is 0.346 e. The van der Waals surface area contributed by atoms with Crippen LogP contribution in [0.3, 0.4) is 0 Å². The standard InChI is InChI=1S/C22H12FNO6/c23-18-4-2-1-3-16(18)22(26)29-15-9-10-17-19(12-15)30-20(21(17)25)11-13-5-7-14(8-6-13)24(27)28/h1-12H. The molecular formula is C22H12FNO6. The Bertz CT molecular complexity index is 1220. The molecule has 7 nitrogen and oxygen atoms in total. The number of ketones is 1. The highest BCUT2D eigenvalue weighted by Crippen LogP contribution is 2.35. The third kappa shape index (κ3) is 3.66. The Kier molecular flexibility index (Phi) is 4.81. The number of hydrogen-bond donors (Lipinski definition) is 0. The molecule has 0 fully saturated rings. The number of nitrogens with zero attached hydrogens (tertiary/aromatic N) is 1. The molecule has 3 aromatic carbocycles. The lowest BCUT2D eigenvalue weighted by Crippen LogP contribution is -2.10. The fourth-order valence-corrected chi connectivity index (χ4v) is 2.86. The number of nitro groups is 1. The molecule has 0 saturated heterocycles. The zero-order valence-corrected chi connectivity index (χ0v) is 15.2. The van der Waals surface area contributed by atoms with Gasteiger partial charge in [0.2, 0.25) is 5.78 Å². The maximum absolute atomic E-state index is 13.7. The predicted octanol–water partition coefficient (Wildman–Crippen LogP) is 4.57. The zero-order chi connectivity index (χ0) is 21.3. The van der Waals surface area contributed by atoms with Gasteiger partial charge in [0.15, 0.2) is 5.76 Å². The van der Waals surface area contributed by atoms with Gasteiger partial charge in [-0.3, -0.25) is 14.9 Å². The van der Waals surface area contributed by atoms with Crippen LogP contribution in [0.1, 0.15) is 26.3 Å². The molecule has 0 N–H and O–H groups in total. The van der Waals surface area contributed by atoms with Crippen molar-refractivity contribution >= 4 is 23.5 Å². The molecule has 8 heteroatoms. The average molecular weight is 405 g/mol. The van der Waals surface area contributed by atoms with Gasteiger partial charge in [0.25, 0.3) is 5.69 Å². The van der Waals surface area contributed by atoms with Gasteiger partial charge in [-0.25, -0.2) is 9.18 Å². The summed E-state index contributed by atoms with van der Waals surface area (Å²) in [6.07, 6.45) is 1.46. The number of hydrogen-bond acceptors (Lipinski definition) is 6. The van der Waals surface area contributed by atoms with E-state index < -0.39 is 16.7 Å². The predicted molar refractivity (Wildman–Crippen MR) is 104 cm³/mol. The molecule has 0 spiro atoms. The first-order chi connectivity index (χ1) is 14.4. The Morgan fingerprint density at radius 3 is 2.50 bits per heavy atom. The third-order valence-corrected chi connectivity index (χ3v) is 4.35. The normalized spacial score (nSPS) is 13.6. The maximum atomic E-state index is 13.7. The number of Topliss-reactive ketones (excluding diaryl/α,β-unsaturated/α-hetero) is 1. The number of allylic oxidation sites excluding steroid dienone is 1. The second-order valence-electron chi connectivity index (χ2n) is 6.32. The molecule has 148 valence electrons. The molecule has 4 rings (SSSR count). The van der Waals surface area contributed by atoms with Crippen molar-refractivity contribution in [3.8, 4) is 11.5 Å². The van der Waals surface area contributed by atoms with Crippen molar-refractivity contribution in [2.45, 2.75) is 0 Å². The summed E-state index contributed by atoms with van der Waals surface area (Å²) in [6.45, 7) is 0. The van der Waals surface area contributed by atoms with Crippen LogP contribution < -0.4 is 9.47 Å². The van der Waals surface area contributed by atoms with E-state index in [1.807, 2.05) is 0 Å². The van der Waals surface area contributed by atoms with Gasteiger partial charge in [0.05, 0.1) is 16.1 Å². The molecule has 0 bridgehead atoms. The Morgan fingerprint density at radius 2 is 1.80 bits per heavy atom. The minimum Gasteiger partial charge on any atom is -0.452 e. The molecule has 1 aliphatic rings. The first-order valence-electron chi connectivity index (χ1n) is 8.72. The van der Waals surface area contributed by atoms with Crippen LogP contribution in [0.4, 0.5) is 10.1 Å². The summed E-state index contributed by atoms with van der Waals surface area (Å²) in [5, 5.41) is 10.7. The van der Waals surface area contributed by atoms with Crippen molar-refractivity contribution in [3.05, 3.63) is 105 Å². The monoisotopic (exact) mass is 405 g/mol. The summed E-state index contributed by atoms with van der Waals surface area (Å²) in [7, 11) is 0. The topological polar surface area (TPSA) is 95.7 Å². The molecule has 0 aliphatic carbocycles. The van der Waals surface area contributed by atoms with E-state index in [9.17, 15) is 24.1 Å². The van der Waals surface area contributed by atoms with Gasteiger partial charge >= 0.3 is 5.97 Å². The molecule has 0 amide bonds. The lowest BCUT2D eigenvalue weighted by Gasteiger charge is -2.06. The van der Waals surface area contributed by atoms with E-state index in [1.165, 1.54) is 66.7 Å². The molecule has 0 radical (unpaired) electrons. The number of rotatable bonds is 4. The number of carbonyl (C=O) groups is 2. The number of ether oxygens (including phenoxy) is 2. The number of halogens is 1. The summed E-state index contributed by atoms with van der Waals surface area (Å²) in [6, 6.07) is 15.3. The molecule has 0 atom stereocenters. The third-order valence-electron chi connectivity index (χ3n) is 4.35. The van der Waals surface area contributed by atoms with E-state index >= 15 is 0 Å². The van der Waals surface area contributed by atoms with Crippen LogP contribution in [0.25, 0.3) is 6.08 Å². The van der Waals surface area contributed by atoms with E-state index in [0.717, 1.165) is 6.07 Å².